The number of hydrogen-bond acceptors (Lipinski definition) is 2. The van der Waals surface area contributed by atoms with E-state index >= 15 is 0 Å². The molecule has 1 heterocycles. The van der Waals surface area contributed by atoms with Gasteiger partial charge < -0.3 is 0 Å². The molecule has 16 heavy (non-hydrogen) atoms. The lowest BCUT2D eigenvalue weighted by Crippen LogP contribution is -2.03. The monoisotopic (exact) mass is 299 g/mol. The quantitative estimate of drug-likeness (QED) is 0.844. The van der Waals surface area contributed by atoms with E-state index in [1.165, 1.54) is 0 Å². The summed E-state index contributed by atoms with van der Waals surface area (Å²) < 4.78 is 2.86. The van der Waals surface area contributed by atoms with E-state index in [0.717, 1.165) is 16.0 Å². The lowest BCUT2D eigenvalue weighted by molar-refractivity contribution is 0.745. The molecule has 2 rings (SSSR count). The Bertz CT molecular complexity index is 508. The van der Waals surface area contributed by atoms with E-state index in [0.29, 0.717) is 5.28 Å². The summed E-state index contributed by atoms with van der Waals surface area (Å²) in [5, 5.41) is 8.38. The molecule has 0 unspecified atom stereocenters. The van der Waals surface area contributed by atoms with Crippen molar-refractivity contribution in [2.45, 2.75) is 19.8 Å². The molecule has 0 amide bonds. The highest BCUT2D eigenvalue weighted by atomic mass is 79.9. The van der Waals surface area contributed by atoms with Crippen molar-refractivity contribution in [1.82, 2.24) is 14.8 Å². The molecule has 0 fully saturated rings. The van der Waals surface area contributed by atoms with Crippen molar-refractivity contribution in [3.63, 3.8) is 0 Å². The fraction of sp³-hybridized carbons (Fsp3) is 0.273. The van der Waals surface area contributed by atoms with Crippen LogP contribution in [0.4, 0.5) is 0 Å². The van der Waals surface area contributed by atoms with Crippen LogP contribution in [0.2, 0.25) is 5.28 Å². The van der Waals surface area contributed by atoms with Crippen LogP contribution in [-0.2, 0) is 0 Å². The SMILES string of the molecule is CC(C)c1nnc(Cl)n1-c1cccc(Br)c1. The summed E-state index contributed by atoms with van der Waals surface area (Å²) in [4.78, 5) is 0. The van der Waals surface area contributed by atoms with Crippen LogP contribution in [0.5, 0.6) is 0 Å². The second-order valence-electron chi connectivity index (χ2n) is 3.80. The molecule has 0 bridgehead atoms. The Kier molecular flexibility index (Phi) is 3.30. The molecular weight excluding hydrogens is 289 g/mol. The van der Waals surface area contributed by atoms with Gasteiger partial charge in [0.2, 0.25) is 5.28 Å². The van der Waals surface area contributed by atoms with Crippen molar-refractivity contribution in [3.8, 4) is 5.69 Å². The maximum Gasteiger partial charge on any atom is 0.229 e. The molecule has 0 spiro atoms. The Balaban J connectivity index is 2.59. The predicted molar refractivity (Wildman–Crippen MR) is 68.2 cm³/mol. The average molecular weight is 301 g/mol. The van der Waals surface area contributed by atoms with Crippen LogP contribution in [-0.4, -0.2) is 14.8 Å². The first-order valence-electron chi connectivity index (χ1n) is 4.96. The highest BCUT2D eigenvalue weighted by Gasteiger charge is 2.14. The van der Waals surface area contributed by atoms with Gasteiger partial charge in [-0.2, -0.15) is 0 Å². The zero-order valence-corrected chi connectivity index (χ0v) is 11.3. The second-order valence-corrected chi connectivity index (χ2v) is 5.05. The van der Waals surface area contributed by atoms with Crippen molar-refractivity contribution in [3.05, 3.63) is 39.8 Å². The smallest absolute Gasteiger partial charge is 0.229 e. The van der Waals surface area contributed by atoms with Gasteiger partial charge in [0.25, 0.3) is 0 Å². The number of nitrogens with zero attached hydrogens (tertiary/aromatic N) is 3. The summed E-state index contributed by atoms with van der Waals surface area (Å²) >= 11 is 9.49. The Morgan fingerprint density at radius 3 is 2.69 bits per heavy atom. The minimum Gasteiger partial charge on any atom is -0.270 e. The van der Waals surface area contributed by atoms with Crippen molar-refractivity contribution < 1.29 is 0 Å². The van der Waals surface area contributed by atoms with Crippen LogP contribution >= 0.6 is 27.5 Å². The van der Waals surface area contributed by atoms with E-state index in [2.05, 4.69) is 40.0 Å². The van der Waals surface area contributed by atoms with Gasteiger partial charge in [0.05, 0.1) is 5.69 Å². The number of hydrogen-bond donors (Lipinski definition) is 0. The van der Waals surface area contributed by atoms with Gasteiger partial charge in [-0.15, -0.1) is 10.2 Å². The number of halogens is 2. The van der Waals surface area contributed by atoms with Crippen LogP contribution < -0.4 is 0 Å². The summed E-state index contributed by atoms with van der Waals surface area (Å²) in [5.41, 5.74) is 0.966. The van der Waals surface area contributed by atoms with Gasteiger partial charge in [0, 0.05) is 10.4 Å². The predicted octanol–water partition coefficient (Wildman–Crippen LogP) is 3.81. The molecule has 1 aromatic carbocycles. The number of rotatable bonds is 2. The van der Waals surface area contributed by atoms with E-state index in [9.17, 15) is 0 Å². The maximum atomic E-state index is 6.05. The van der Waals surface area contributed by atoms with Gasteiger partial charge in [0.15, 0.2) is 0 Å². The molecular formula is C11H11BrClN3. The largest absolute Gasteiger partial charge is 0.270 e. The van der Waals surface area contributed by atoms with Crippen LogP contribution in [0.3, 0.4) is 0 Å². The first-order chi connectivity index (χ1) is 7.59. The molecule has 0 saturated heterocycles. The molecule has 0 aliphatic carbocycles. The summed E-state index contributed by atoms with van der Waals surface area (Å²) in [6.07, 6.45) is 0. The summed E-state index contributed by atoms with van der Waals surface area (Å²) in [6.45, 7) is 4.13. The molecule has 0 aliphatic heterocycles. The number of aromatic nitrogens is 3. The molecule has 0 N–H and O–H groups in total. The normalized spacial score (nSPS) is 11.1. The Morgan fingerprint density at radius 2 is 2.06 bits per heavy atom. The number of benzene rings is 1. The average Bonchev–Trinajstić information content (AvgIpc) is 2.60. The Morgan fingerprint density at radius 1 is 1.31 bits per heavy atom. The summed E-state index contributed by atoms with van der Waals surface area (Å²) in [6, 6.07) is 7.89. The van der Waals surface area contributed by atoms with Gasteiger partial charge in [-0.25, -0.2) is 0 Å². The van der Waals surface area contributed by atoms with E-state index in [4.69, 9.17) is 11.6 Å². The maximum absolute atomic E-state index is 6.05. The Hall–Kier alpha value is -0.870. The van der Waals surface area contributed by atoms with Gasteiger partial charge in [-0.3, -0.25) is 4.57 Å². The molecule has 0 atom stereocenters. The zero-order valence-electron chi connectivity index (χ0n) is 8.98. The third-order valence-electron chi connectivity index (χ3n) is 2.23. The molecule has 1 aromatic heterocycles. The van der Waals surface area contributed by atoms with E-state index in [-0.39, 0.29) is 5.92 Å². The molecule has 84 valence electrons. The third-order valence-corrected chi connectivity index (χ3v) is 2.97. The molecule has 0 radical (unpaired) electrons. The molecule has 0 aliphatic rings. The zero-order chi connectivity index (χ0) is 11.7. The van der Waals surface area contributed by atoms with Crippen molar-refractivity contribution in [1.29, 1.82) is 0 Å². The second kappa shape index (κ2) is 4.55. The third kappa shape index (κ3) is 2.13. The van der Waals surface area contributed by atoms with Crippen LogP contribution in [0, 0.1) is 0 Å². The van der Waals surface area contributed by atoms with Crippen LogP contribution in [0.1, 0.15) is 25.6 Å². The molecule has 3 nitrogen and oxygen atoms in total. The van der Waals surface area contributed by atoms with Crippen LogP contribution in [0.15, 0.2) is 28.7 Å². The van der Waals surface area contributed by atoms with Crippen molar-refractivity contribution in [2.75, 3.05) is 0 Å². The summed E-state index contributed by atoms with van der Waals surface area (Å²) in [5.74, 6) is 1.14. The van der Waals surface area contributed by atoms with Crippen LogP contribution in [0.25, 0.3) is 5.69 Å². The first kappa shape index (κ1) is 11.6. The van der Waals surface area contributed by atoms with E-state index in [1.54, 1.807) is 0 Å². The summed E-state index contributed by atoms with van der Waals surface area (Å²) in [7, 11) is 0. The first-order valence-corrected chi connectivity index (χ1v) is 6.13. The Labute approximate surface area is 108 Å². The van der Waals surface area contributed by atoms with Gasteiger partial charge in [0.1, 0.15) is 5.82 Å². The fourth-order valence-corrected chi connectivity index (χ4v) is 2.11. The van der Waals surface area contributed by atoms with Crippen molar-refractivity contribution in [2.24, 2.45) is 0 Å². The van der Waals surface area contributed by atoms with Gasteiger partial charge >= 0.3 is 0 Å². The molecule has 5 heteroatoms. The topological polar surface area (TPSA) is 30.7 Å². The van der Waals surface area contributed by atoms with Gasteiger partial charge in [-0.05, 0) is 29.8 Å². The standard InChI is InChI=1S/C11H11BrClN3/c1-7(2)10-14-15-11(13)16(10)9-5-3-4-8(12)6-9/h3-7H,1-2H3. The van der Waals surface area contributed by atoms with Crippen molar-refractivity contribution >= 4 is 27.5 Å². The lowest BCUT2D eigenvalue weighted by Gasteiger charge is -2.10. The molecule has 0 saturated carbocycles. The highest BCUT2D eigenvalue weighted by Crippen LogP contribution is 2.23. The van der Waals surface area contributed by atoms with E-state index in [1.807, 2.05) is 28.8 Å². The molecule has 2 aromatic rings. The lowest BCUT2D eigenvalue weighted by atomic mass is 10.2. The minimum atomic E-state index is 0.277. The van der Waals surface area contributed by atoms with E-state index < -0.39 is 0 Å². The minimum absolute atomic E-state index is 0.277. The highest BCUT2D eigenvalue weighted by molar-refractivity contribution is 9.10. The fourth-order valence-electron chi connectivity index (χ4n) is 1.50. The van der Waals surface area contributed by atoms with Gasteiger partial charge in [-0.1, -0.05) is 35.8 Å².